The molecule has 0 heterocycles. The maximum Gasteiger partial charge on any atom is 0.338 e. The highest BCUT2D eigenvalue weighted by atomic mass is 28.4. The van der Waals surface area contributed by atoms with E-state index in [4.69, 9.17) is 9.16 Å². The molecule has 0 saturated heterocycles. The summed E-state index contributed by atoms with van der Waals surface area (Å²) in [5, 5.41) is 0. The molecule has 0 amide bonds. The number of benzene rings is 1. The molecule has 0 aliphatic rings. The standard InChI is InChI=1S/C13H18O4Si/c1-5-16-12(14)10-6-8-11(9-7-10)13(15)17-18(2,3)4/h6-9H,5H2,1-4H3. The lowest BCUT2D eigenvalue weighted by molar-refractivity contribution is 0.0525. The van der Waals surface area contributed by atoms with E-state index in [1.165, 1.54) is 0 Å². The Morgan fingerprint density at radius 1 is 1.00 bits per heavy atom. The molecular formula is C13H18O4Si. The van der Waals surface area contributed by atoms with Crippen LogP contribution >= 0.6 is 0 Å². The van der Waals surface area contributed by atoms with Crippen LogP contribution < -0.4 is 0 Å². The summed E-state index contributed by atoms with van der Waals surface area (Å²) in [4.78, 5) is 23.2. The van der Waals surface area contributed by atoms with Crippen molar-refractivity contribution < 1.29 is 18.8 Å². The molecule has 0 fully saturated rings. The number of carbonyl (C=O) groups is 2. The van der Waals surface area contributed by atoms with Gasteiger partial charge in [-0.2, -0.15) is 0 Å². The van der Waals surface area contributed by atoms with Gasteiger partial charge in [-0.05, 0) is 50.8 Å². The van der Waals surface area contributed by atoms with Crippen LogP contribution in [0, 0.1) is 0 Å². The molecule has 1 aromatic carbocycles. The van der Waals surface area contributed by atoms with Crippen molar-refractivity contribution in [1.29, 1.82) is 0 Å². The van der Waals surface area contributed by atoms with Gasteiger partial charge < -0.3 is 9.16 Å². The van der Waals surface area contributed by atoms with Crippen molar-refractivity contribution in [3.63, 3.8) is 0 Å². The second kappa shape index (κ2) is 5.82. The van der Waals surface area contributed by atoms with Gasteiger partial charge >= 0.3 is 11.9 Å². The number of carbonyl (C=O) groups excluding carboxylic acids is 2. The van der Waals surface area contributed by atoms with E-state index in [1.807, 2.05) is 19.6 Å². The highest BCUT2D eigenvalue weighted by Crippen LogP contribution is 2.11. The molecule has 0 unspecified atom stereocenters. The molecule has 0 radical (unpaired) electrons. The molecule has 0 aliphatic heterocycles. The third-order valence-corrected chi connectivity index (χ3v) is 2.83. The minimum atomic E-state index is -1.89. The summed E-state index contributed by atoms with van der Waals surface area (Å²) in [6.07, 6.45) is 0. The van der Waals surface area contributed by atoms with Gasteiger partial charge in [-0.25, -0.2) is 9.59 Å². The first-order chi connectivity index (χ1) is 8.33. The summed E-state index contributed by atoms with van der Waals surface area (Å²) in [6.45, 7) is 7.91. The molecular weight excluding hydrogens is 248 g/mol. The Morgan fingerprint density at radius 3 is 1.83 bits per heavy atom. The lowest BCUT2D eigenvalue weighted by Crippen LogP contribution is -2.29. The van der Waals surface area contributed by atoms with E-state index in [1.54, 1.807) is 31.2 Å². The van der Waals surface area contributed by atoms with Gasteiger partial charge in [0.2, 0.25) is 8.32 Å². The smallest absolute Gasteiger partial charge is 0.338 e. The van der Waals surface area contributed by atoms with E-state index < -0.39 is 8.32 Å². The monoisotopic (exact) mass is 266 g/mol. The summed E-state index contributed by atoms with van der Waals surface area (Å²) in [7, 11) is -1.89. The third kappa shape index (κ3) is 4.33. The predicted molar refractivity (Wildman–Crippen MR) is 71.2 cm³/mol. The molecule has 98 valence electrons. The number of hydrogen-bond donors (Lipinski definition) is 0. The van der Waals surface area contributed by atoms with E-state index in [0.717, 1.165) is 0 Å². The zero-order valence-corrected chi connectivity index (χ0v) is 12.1. The van der Waals surface area contributed by atoms with Gasteiger partial charge in [-0.3, -0.25) is 0 Å². The van der Waals surface area contributed by atoms with Gasteiger partial charge in [-0.15, -0.1) is 0 Å². The molecule has 0 spiro atoms. The summed E-state index contributed by atoms with van der Waals surface area (Å²) >= 11 is 0. The van der Waals surface area contributed by atoms with Crippen molar-refractivity contribution in [3.8, 4) is 0 Å². The molecule has 0 bridgehead atoms. The fraction of sp³-hybridized carbons (Fsp3) is 0.385. The van der Waals surface area contributed by atoms with Crippen LogP contribution in [0.5, 0.6) is 0 Å². The van der Waals surface area contributed by atoms with Crippen LogP contribution in [0.15, 0.2) is 24.3 Å². The van der Waals surface area contributed by atoms with E-state index in [-0.39, 0.29) is 11.9 Å². The first-order valence-corrected chi connectivity index (χ1v) is 9.25. The van der Waals surface area contributed by atoms with Gasteiger partial charge in [0.05, 0.1) is 17.7 Å². The zero-order valence-electron chi connectivity index (χ0n) is 11.1. The number of hydrogen-bond acceptors (Lipinski definition) is 4. The number of rotatable bonds is 4. The summed E-state index contributed by atoms with van der Waals surface area (Å²) in [5.74, 6) is -0.729. The zero-order chi connectivity index (χ0) is 13.8. The Balaban J connectivity index is 2.77. The molecule has 1 aromatic rings. The highest BCUT2D eigenvalue weighted by molar-refractivity contribution is 6.71. The second-order valence-corrected chi connectivity index (χ2v) is 9.23. The Hall–Kier alpha value is -1.62. The van der Waals surface area contributed by atoms with Crippen molar-refractivity contribution in [2.24, 2.45) is 0 Å². The van der Waals surface area contributed by atoms with Crippen LogP contribution in [0.2, 0.25) is 19.6 Å². The molecule has 5 heteroatoms. The topological polar surface area (TPSA) is 52.6 Å². The quantitative estimate of drug-likeness (QED) is 0.621. The van der Waals surface area contributed by atoms with Crippen molar-refractivity contribution >= 4 is 20.3 Å². The Labute approximate surface area is 108 Å². The Kier molecular flexibility index (Phi) is 4.67. The molecule has 18 heavy (non-hydrogen) atoms. The van der Waals surface area contributed by atoms with E-state index in [2.05, 4.69) is 0 Å². The van der Waals surface area contributed by atoms with Gasteiger partial charge in [-0.1, -0.05) is 0 Å². The fourth-order valence-corrected chi connectivity index (χ4v) is 1.97. The maximum atomic E-state index is 11.8. The van der Waals surface area contributed by atoms with Crippen LogP contribution in [0.3, 0.4) is 0 Å². The fourth-order valence-electron chi connectivity index (χ4n) is 1.29. The Morgan fingerprint density at radius 2 is 1.44 bits per heavy atom. The minimum absolute atomic E-state index is 0.332. The van der Waals surface area contributed by atoms with Crippen molar-refractivity contribution in [2.45, 2.75) is 26.6 Å². The SMILES string of the molecule is CCOC(=O)c1ccc(C(=O)O[Si](C)(C)C)cc1. The molecule has 0 aromatic heterocycles. The largest absolute Gasteiger partial charge is 0.516 e. The van der Waals surface area contributed by atoms with Crippen LogP contribution in [0.25, 0.3) is 0 Å². The molecule has 4 nitrogen and oxygen atoms in total. The lowest BCUT2D eigenvalue weighted by atomic mass is 10.1. The number of esters is 1. The molecule has 0 aliphatic carbocycles. The molecule has 1 rings (SSSR count). The first kappa shape index (κ1) is 14.4. The van der Waals surface area contributed by atoms with Gasteiger partial charge in [0.1, 0.15) is 0 Å². The Bertz CT molecular complexity index is 431. The molecule has 0 N–H and O–H groups in total. The van der Waals surface area contributed by atoms with Crippen molar-refractivity contribution in [2.75, 3.05) is 6.61 Å². The highest BCUT2D eigenvalue weighted by Gasteiger charge is 2.21. The summed E-state index contributed by atoms with van der Waals surface area (Å²) in [5.41, 5.74) is 0.881. The normalized spacial score (nSPS) is 10.9. The average molecular weight is 266 g/mol. The summed E-state index contributed by atoms with van der Waals surface area (Å²) in [6, 6.07) is 6.29. The molecule has 0 atom stereocenters. The molecule has 0 saturated carbocycles. The lowest BCUT2D eigenvalue weighted by Gasteiger charge is -2.17. The van der Waals surface area contributed by atoms with Gasteiger partial charge in [0.25, 0.3) is 0 Å². The van der Waals surface area contributed by atoms with Crippen molar-refractivity contribution in [3.05, 3.63) is 35.4 Å². The van der Waals surface area contributed by atoms with Gasteiger partial charge in [0.15, 0.2) is 0 Å². The van der Waals surface area contributed by atoms with Crippen molar-refractivity contribution in [1.82, 2.24) is 0 Å². The van der Waals surface area contributed by atoms with Crippen LogP contribution in [0.4, 0.5) is 0 Å². The summed E-state index contributed by atoms with van der Waals surface area (Å²) < 4.78 is 10.2. The number of ether oxygens (including phenoxy) is 1. The van der Waals surface area contributed by atoms with Gasteiger partial charge in [0, 0.05) is 0 Å². The van der Waals surface area contributed by atoms with Crippen LogP contribution in [-0.4, -0.2) is 26.9 Å². The third-order valence-electron chi connectivity index (χ3n) is 2.03. The van der Waals surface area contributed by atoms with Crippen LogP contribution in [0.1, 0.15) is 27.6 Å². The second-order valence-electron chi connectivity index (χ2n) is 4.80. The van der Waals surface area contributed by atoms with Crippen LogP contribution in [-0.2, 0) is 9.16 Å². The minimum Gasteiger partial charge on any atom is -0.516 e. The van der Waals surface area contributed by atoms with E-state index in [0.29, 0.717) is 17.7 Å². The predicted octanol–water partition coefficient (Wildman–Crippen LogP) is 2.86. The maximum absolute atomic E-state index is 11.8. The first-order valence-electron chi connectivity index (χ1n) is 5.84. The van der Waals surface area contributed by atoms with E-state index in [9.17, 15) is 9.59 Å². The van der Waals surface area contributed by atoms with E-state index >= 15 is 0 Å². The average Bonchev–Trinajstić information content (AvgIpc) is 2.27.